The van der Waals surface area contributed by atoms with Gasteiger partial charge in [-0.15, -0.1) is 0 Å². The van der Waals surface area contributed by atoms with Gasteiger partial charge in [0.2, 0.25) is 0 Å². The first-order valence-electron chi connectivity index (χ1n) is 7.87. The molecule has 124 valence electrons. The zero-order valence-electron chi connectivity index (χ0n) is 13.9. The minimum absolute atomic E-state index is 0.0330. The highest BCUT2D eigenvalue weighted by atomic mass is 19.4. The predicted octanol–water partition coefficient (Wildman–Crippen LogP) is 6.82. The monoisotopic (exact) mass is 328 g/mol. The normalized spacial score (nSPS) is 12.6. The number of fused-ring (bicyclic) bond motifs is 1. The van der Waals surface area contributed by atoms with Crippen LogP contribution in [0.3, 0.4) is 0 Å². The van der Waals surface area contributed by atoms with Crippen molar-refractivity contribution in [2.75, 3.05) is 0 Å². The molecule has 0 nitrogen and oxygen atoms in total. The van der Waals surface area contributed by atoms with Crippen LogP contribution in [0.5, 0.6) is 0 Å². The van der Waals surface area contributed by atoms with Crippen LogP contribution in [-0.4, -0.2) is 0 Å². The molecule has 0 N–H and O–H groups in total. The Morgan fingerprint density at radius 3 is 1.75 bits per heavy atom. The van der Waals surface area contributed by atoms with Crippen LogP contribution in [0.4, 0.5) is 13.2 Å². The lowest BCUT2D eigenvalue weighted by Crippen LogP contribution is -2.11. The summed E-state index contributed by atoms with van der Waals surface area (Å²) in [5.41, 5.74) is 1.28. The van der Waals surface area contributed by atoms with Crippen molar-refractivity contribution < 1.29 is 13.2 Å². The first-order chi connectivity index (χ1) is 11.2. The molecule has 0 heterocycles. The maximum atomic E-state index is 13.5. The number of hydrogen-bond donors (Lipinski definition) is 0. The fourth-order valence-electron chi connectivity index (χ4n) is 2.86. The van der Waals surface area contributed by atoms with E-state index in [1.165, 1.54) is 6.07 Å². The van der Waals surface area contributed by atoms with E-state index in [9.17, 15) is 13.2 Å². The minimum Gasteiger partial charge on any atom is -0.166 e. The Labute approximate surface area is 139 Å². The van der Waals surface area contributed by atoms with Gasteiger partial charge in [0.05, 0.1) is 5.56 Å². The summed E-state index contributed by atoms with van der Waals surface area (Å²) in [6.45, 7) is 6.25. The molecule has 24 heavy (non-hydrogen) atoms. The molecule has 0 bridgehead atoms. The van der Waals surface area contributed by atoms with E-state index in [2.05, 4.69) is 20.8 Å². The average molecular weight is 328 g/mol. The molecular formula is C21H19F3. The molecule has 0 aliphatic rings. The first-order valence-corrected chi connectivity index (χ1v) is 7.87. The maximum Gasteiger partial charge on any atom is 0.417 e. The molecule has 0 radical (unpaired) electrons. The van der Waals surface area contributed by atoms with Gasteiger partial charge in [0, 0.05) is 0 Å². The van der Waals surface area contributed by atoms with Crippen molar-refractivity contribution in [2.45, 2.75) is 32.4 Å². The minimum atomic E-state index is -4.39. The summed E-state index contributed by atoms with van der Waals surface area (Å²) in [5, 5.41) is 1.40. The van der Waals surface area contributed by atoms with E-state index in [4.69, 9.17) is 0 Å². The van der Waals surface area contributed by atoms with Gasteiger partial charge in [0.15, 0.2) is 0 Å². The summed E-state index contributed by atoms with van der Waals surface area (Å²) >= 11 is 0. The van der Waals surface area contributed by atoms with Crippen LogP contribution in [-0.2, 0) is 11.6 Å². The van der Waals surface area contributed by atoms with Gasteiger partial charge in [-0.1, -0.05) is 69.3 Å². The second-order valence-corrected chi connectivity index (χ2v) is 7.07. The molecule has 3 heteroatoms. The zero-order valence-corrected chi connectivity index (χ0v) is 13.9. The second kappa shape index (κ2) is 5.66. The van der Waals surface area contributed by atoms with Gasteiger partial charge in [-0.2, -0.15) is 13.2 Å². The van der Waals surface area contributed by atoms with Gasteiger partial charge < -0.3 is 0 Å². The molecule has 0 fully saturated rings. The van der Waals surface area contributed by atoms with Crippen molar-refractivity contribution in [2.24, 2.45) is 0 Å². The van der Waals surface area contributed by atoms with E-state index in [1.807, 2.05) is 24.3 Å². The quantitative estimate of drug-likeness (QED) is 0.459. The first kappa shape index (κ1) is 16.6. The van der Waals surface area contributed by atoms with Crippen molar-refractivity contribution >= 4 is 10.8 Å². The molecule has 0 spiro atoms. The van der Waals surface area contributed by atoms with Gasteiger partial charge in [0.25, 0.3) is 0 Å². The highest BCUT2D eigenvalue weighted by Crippen LogP contribution is 2.40. The Morgan fingerprint density at radius 1 is 0.708 bits per heavy atom. The maximum absolute atomic E-state index is 13.5. The highest BCUT2D eigenvalue weighted by molar-refractivity contribution is 5.89. The summed E-state index contributed by atoms with van der Waals surface area (Å²) in [4.78, 5) is 0. The lowest BCUT2D eigenvalue weighted by atomic mass is 9.85. The molecule has 0 atom stereocenters. The summed E-state index contributed by atoms with van der Waals surface area (Å²) in [6, 6.07) is 17.4. The van der Waals surface area contributed by atoms with Crippen LogP contribution >= 0.6 is 0 Å². The molecule has 3 aromatic rings. The van der Waals surface area contributed by atoms with Gasteiger partial charge in [-0.05, 0) is 45.0 Å². The number of halogens is 3. The van der Waals surface area contributed by atoms with Crippen molar-refractivity contribution in [1.29, 1.82) is 0 Å². The van der Waals surface area contributed by atoms with Gasteiger partial charge in [-0.3, -0.25) is 0 Å². The third-order valence-corrected chi connectivity index (χ3v) is 4.25. The lowest BCUT2D eigenvalue weighted by Gasteiger charge is -2.20. The van der Waals surface area contributed by atoms with E-state index < -0.39 is 11.7 Å². The summed E-state index contributed by atoms with van der Waals surface area (Å²) in [5.74, 6) is 0. The van der Waals surface area contributed by atoms with E-state index in [1.54, 1.807) is 30.3 Å². The van der Waals surface area contributed by atoms with Crippen LogP contribution in [0.2, 0.25) is 0 Å². The number of hydrogen-bond acceptors (Lipinski definition) is 0. The molecule has 0 aliphatic carbocycles. The number of rotatable bonds is 1. The number of benzene rings is 3. The van der Waals surface area contributed by atoms with Crippen LogP contribution in [0.1, 0.15) is 31.9 Å². The summed E-state index contributed by atoms with van der Waals surface area (Å²) in [6.07, 6.45) is -4.39. The van der Waals surface area contributed by atoms with E-state index >= 15 is 0 Å². The van der Waals surface area contributed by atoms with Gasteiger partial charge >= 0.3 is 6.18 Å². The third-order valence-electron chi connectivity index (χ3n) is 4.25. The lowest BCUT2D eigenvalue weighted by molar-refractivity contribution is -0.137. The summed E-state index contributed by atoms with van der Waals surface area (Å²) < 4.78 is 40.6. The van der Waals surface area contributed by atoms with Crippen LogP contribution in [0, 0.1) is 0 Å². The van der Waals surface area contributed by atoms with Crippen molar-refractivity contribution in [3.63, 3.8) is 0 Å². The molecular weight excluding hydrogens is 309 g/mol. The third kappa shape index (κ3) is 3.16. The van der Waals surface area contributed by atoms with E-state index in [-0.39, 0.29) is 11.0 Å². The number of alkyl halides is 3. The largest absolute Gasteiger partial charge is 0.417 e. The Morgan fingerprint density at radius 2 is 1.25 bits per heavy atom. The average Bonchev–Trinajstić information content (AvgIpc) is 2.52. The molecule has 0 aromatic heterocycles. The van der Waals surface area contributed by atoms with Crippen LogP contribution in [0.25, 0.3) is 21.9 Å². The van der Waals surface area contributed by atoms with Gasteiger partial charge in [-0.25, -0.2) is 0 Å². The second-order valence-electron chi connectivity index (χ2n) is 7.07. The standard InChI is InChI=1S/C21H19F3/c1-20(2,3)17-10-8-14(9-11-17)18-12-15-6-4-5-7-16(15)13-19(18)21(22,23)24/h4-13H,1-3H3. The van der Waals surface area contributed by atoms with E-state index in [0.717, 1.165) is 10.9 Å². The fourth-order valence-corrected chi connectivity index (χ4v) is 2.86. The Kier molecular flexibility index (Phi) is 3.90. The zero-order chi connectivity index (χ0) is 17.5. The molecule has 0 saturated carbocycles. The predicted molar refractivity (Wildman–Crippen MR) is 93.1 cm³/mol. The SMILES string of the molecule is CC(C)(C)c1ccc(-c2cc3ccccc3cc2C(F)(F)F)cc1. The van der Waals surface area contributed by atoms with Gasteiger partial charge in [0.1, 0.15) is 0 Å². The van der Waals surface area contributed by atoms with Crippen molar-refractivity contribution in [3.05, 3.63) is 71.8 Å². The Bertz CT molecular complexity index is 866. The molecule has 0 saturated heterocycles. The molecule has 3 aromatic carbocycles. The van der Waals surface area contributed by atoms with Crippen LogP contribution in [0.15, 0.2) is 60.7 Å². The highest BCUT2D eigenvalue weighted by Gasteiger charge is 2.34. The Hall–Kier alpha value is -2.29. The van der Waals surface area contributed by atoms with Crippen molar-refractivity contribution in [3.8, 4) is 11.1 Å². The van der Waals surface area contributed by atoms with Crippen LogP contribution < -0.4 is 0 Å². The molecule has 3 rings (SSSR count). The summed E-state index contributed by atoms with van der Waals surface area (Å²) in [7, 11) is 0. The Balaban J connectivity index is 2.20. The molecule has 0 amide bonds. The van der Waals surface area contributed by atoms with E-state index in [0.29, 0.717) is 10.9 Å². The molecule has 0 aliphatic heterocycles. The smallest absolute Gasteiger partial charge is 0.166 e. The molecule has 0 unspecified atom stereocenters. The topological polar surface area (TPSA) is 0 Å². The van der Waals surface area contributed by atoms with Crippen molar-refractivity contribution in [1.82, 2.24) is 0 Å². The fraction of sp³-hybridized carbons (Fsp3) is 0.238.